The summed E-state index contributed by atoms with van der Waals surface area (Å²) in [5, 5.41) is 0. The number of rotatable bonds is 39. The quantitative estimate of drug-likeness (QED) is 0.0280. The van der Waals surface area contributed by atoms with Gasteiger partial charge in [-0.2, -0.15) is 0 Å². The average Bonchev–Trinajstić information content (AvgIpc) is 3.20. The fourth-order valence-corrected chi connectivity index (χ4v) is 5.97. The predicted octanol–water partition coefficient (Wildman–Crippen LogP) is 13.0. The molecule has 2 unspecified atom stereocenters. The van der Waals surface area contributed by atoms with Crippen LogP contribution < -0.4 is 0 Å². The maximum atomic E-state index is 12.7. The smallest absolute Gasteiger partial charge is 0.462 e. The molecule has 9 nitrogen and oxygen atoms in total. The fourth-order valence-electron chi connectivity index (χ4n) is 5.23. The van der Waals surface area contributed by atoms with Gasteiger partial charge in [-0.3, -0.25) is 18.6 Å². The first-order chi connectivity index (χ1) is 28.7. The van der Waals surface area contributed by atoms with E-state index >= 15 is 0 Å². The number of phosphoric acid groups is 1. The summed E-state index contributed by atoms with van der Waals surface area (Å²) in [5.41, 5.74) is 0. The van der Waals surface area contributed by atoms with Gasteiger partial charge in [-0.25, -0.2) is 4.57 Å². The number of ether oxygens (including phenoxy) is 2. The molecule has 0 amide bonds. The summed E-state index contributed by atoms with van der Waals surface area (Å²) in [6, 6.07) is 0. The first-order valence-electron chi connectivity index (χ1n) is 22.2. The van der Waals surface area contributed by atoms with Crippen molar-refractivity contribution in [2.45, 2.75) is 148 Å². The molecule has 0 heterocycles. The first kappa shape index (κ1) is 55.7. The highest BCUT2D eigenvalue weighted by molar-refractivity contribution is 7.47. The lowest BCUT2D eigenvalue weighted by molar-refractivity contribution is -0.161. The second kappa shape index (κ2) is 42.8. The van der Waals surface area contributed by atoms with Gasteiger partial charge in [0.05, 0.1) is 13.2 Å². The van der Waals surface area contributed by atoms with E-state index in [-0.39, 0.29) is 26.1 Å². The minimum Gasteiger partial charge on any atom is -0.462 e. The van der Waals surface area contributed by atoms with E-state index in [4.69, 9.17) is 18.5 Å². The van der Waals surface area contributed by atoms with Crippen LogP contribution in [0.1, 0.15) is 142 Å². The van der Waals surface area contributed by atoms with Crippen LogP contribution in [0.2, 0.25) is 0 Å². The molecule has 0 saturated heterocycles. The zero-order chi connectivity index (χ0) is 43.3. The highest BCUT2D eigenvalue weighted by Crippen LogP contribution is 2.43. The van der Waals surface area contributed by atoms with Crippen LogP contribution in [-0.2, 0) is 32.7 Å². The number of carbonyl (C=O) groups is 2. The van der Waals surface area contributed by atoms with Gasteiger partial charge < -0.3 is 19.3 Å². The summed E-state index contributed by atoms with van der Waals surface area (Å²) in [7, 11) is -0.760. The number of likely N-dealkylation sites (N-methyl/N-ethyl adjacent to an activating group) is 1. The fraction of sp³-hybridized carbons (Fsp3) is 0.592. The predicted molar refractivity (Wildman–Crippen MR) is 247 cm³/mol. The topological polar surface area (TPSA) is 112 Å². The molecule has 10 heteroatoms. The SMILES string of the molecule is CC/C=C\C/C=C\C/C=C\C/C=C\C/C=C\CCCCCC(=O)OC(COC(=O)CCCCCC/C=C\C/C=C\C/C=C\C/C=C\CC)COP(=O)(O)OCCN(C)C. The molecular weight excluding hydrogens is 762 g/mol. The molecule has 0 spiro atoms. The van der Waals surface area contributed by atoms with Crippen LogP contribution in [0.15, 0.2) is 109 Å². The van der Waals surface area contributed by atoms with Crippen molar-refractivity contribution >= 4 is 19.8 Å². The zero-order valence-electron chi connectivity index (χ0n) is 37.1. The minimum atomic E-state index is -4.39. The van der Waals surface area contributed by atoms with E-state index in [1.54, 1.807) is 4.90 Å². The molecule has 0 aliphatic heterocycles. The Morgan fingerprint density at radius 2 is 0.915 bits per heavy atom. The monoisotopic (exact) mass is 842 g/mol. The molecule has 59 heavy (non-hydrogen) atoms. The van der Waals surface area contributed by atoms with E-state index in [2.05, 4.69) is 123 Å². The first-order valence-corrected chi connectivity index (χ1v) is 23.7. The van der Waals surface area contributed by atoms with Crippen LogP contribution >= 0.6 is 7.82 Å². The Kier molecular flexibility index (Phi) is 40.4. The number of hydrogen-bond acceptors (Lipinski definition) is 8. The molecule has 2 atom stereocenters. The summed E-state index contributed by atoms with van der Waals surface area (Å²) >= 11 is 0. The minimum absolute atomic E-state index is 0.0106. The van der Waals surface area contributed by atoms with E-state index in [0.29, 0.717) is 19.4 Å². The number of allylic oxidation sites excluding steroid dienone is 18. The van der Waals surface area contributed by atoms with Crippen molar-refractivity contribution in [2.75, 3.05) is 40.5 Å². The molecule has 0 aliphatic rings. The highest BCUT2D eigenvalue weighted by atomic mass is 31.2. The van der Waals surface area contributed by atoms with Crippen molar-refractivity contribution < 1.29 is 37.6 Å². The van der Waals surface area contributed by atoms with E-state index < -0.39 is 32.5 Å². The highest BCUT2D eigenvalue weighted by Gasteiger charge is 2.26. The molecule has 0 aromatic heterocycles. The lowest BCUT2D eigenvalue weighted by atomic mass is 10.1. The molecule has 0 aromatic rings. The van der Waals surface area contributed by atoms with Gasteiger partial charge in [-0.05, 0) is 110 Å². The molecule has 0 bridgehead atoms. The van der Waals surface area contributed by atoms with Gasteiger partial charge in [0.2, 0.25) is 0 Å². The Morgan fingerprint density at radius 3 is 1.36 bits per heavy atom. The van der Waals surface area contributed by atoms with Crippen LogP contribution in [0.4, 0.5) is 0 Å². The van der Waals surface area contributed by atoms with Crippen molar-refractivity contribution in [1.82, 2.24) is 4.90 Å². The summed E-state index contributed by atoms with van der Waals surface area (Å²) in [6.07, 6.45) is 55.6. The van der Waals surface area contributed by atoms with Crippen molar-refractivity contribution in [3.05, 3.63) is 109 Å². The van der Waals surface area contributed by atoms with Crippen LogP contribution in [0.5, 0.6) is 0 Å². The molecule has 1 N–H and O–H groups in total. The van der Waals surface area contributed by atoms with Crippen LogP contribution in [-0.4, -0.2) is 68.3 Å². The van der Waals surface area contributed by atoms with Crippen LogP contribution in [0, 0.1) is 0 Å². The van der Waals surface area contributed by atoms with Gasteiger partial charge in [0.25, 0.3) is 0 Å². The van der Waals surface area contributed by atoms with E-state index in [1.807, 2.05) is 14.1 Å². The summed E-state index contributed by atoms with van der Waals surface area (Å²) < 4.78 is 33.4. The van der Waals surface area contributed by atoms with Crippen LogP contribution in [0.25, 0.3) is 0 Å². The Hall–Kier alpha value is -3.33. The second-order valence-electron chi connectivity index (χ2n) is 14.5. The van der Waals surface area contributed by atoms with Crippen molar-refractivity contribution in [2.24, 2.45) is 0 Å². The Morgan fingerprint density at radius 1 is 0.525 bits per heavy atom. The van der Waals surface area contributed by atoms with Crippen LogP contribution in [0.3, 0.4) is 0 Å². The van der Waals surface area contributed by atoms with Crippen molar-refractivity contribution in [1.29, 1.82) is 0 Å². The Bertz CT molecular complexity index is 1340. The standard InChI is InChI=1S/C49H80NO8P/c1-5-7-9-11-13-15-17-19-21-23-24-26-28-30-32-34-36-38-40-42-49(52)58-47(46-57-59(53,54)56-44-43-50(3)4)45-55-48(51)41-39-37-35-33-31-29-27-25-22-20-18-16-14-12-10-8-6-2/h7-10,13-16,19-22,24,26-27,29-30,32,47H,5-6,11-12,17-18,23,25,28,31,33-46H2,1-4H3,(H,53,54)/b9-7-,10-8-,15-13-,16-14-,21-19-,22-20-,26-24-,29-27-,32-30-. The summed E-state index contributed by atoms with van der Waals surface area (Å²) in [5.74, 6) is -0.881. The maximum absolute atomic E-state index is 12.7. The molecule has 0 aromatic carbocycles. The largest absolute Gasteiger partial charge is 0.472 e. The summed E-state index contributed by atoms with van der Waals surface area (Å²) in [6.45, 7) is 4.00. The van der Waals surface area contributed by atoms with Gasteiger partial charge in [-0.1, -0.05) is 142 Å². The third-order valence-corrected chi connectivity index (χ3v) is 9.56. The molecule has 0 rings (SSSR count). The van der Waals surface area contributed by atoms with Gasteiger partial charge >= 0.3 is 19.8 Å². The number of esters is 2. The normalized spacial score (nSPS) is 14.4. The van der Waals surface area contributed by atoms with E-state index in [1.165, 1.54) is 0 Å². The number of hydrogen-bond donors (Lipinski definition) is 1. The molecular formula is C49H80NO8P. The molecule has 0 saturated carbocycles. The van der Waals surface area contributed by atoms with E-state index in [9.17, 15) is 19.0 Å². The number of unbranched alkanes of at least 4 members (excludes halogenated alkanes) is 7. The van der Waals surface area contributed by atoms with Gasteiger partial charge in [0.15, 0.2) is 6.10 Å². The lowest BCUT2D eigenvalue weighted by Crippen LogP contribution is -2.29. The van der Waals surface area contributed by atoms with Gasteiger partial charge in [0.1, 0.15) is 6.61 Å². The third kappa shape index (κ3) is 44.1. The molecule has 334 valence electrons. The van der Waals surface area contributed by atoms with Gasteiger partial charge in [-0.15, -0.1) is 0 Å². The zero-order valence-corrected chi connectivity index (χ0v) is 38.0. The molecule has 0 fully saturated rings. The third-order valence-electron chi connectivity index (χ3n) is 8.57. The lowest BCUT2D eigenvalue weighted by Gasteiger charge is -2.20. The molecule has 0 aliphatic carbocycles. The Balaban J connectivity index is 4.42. The average molecular weight is 842 g/mol. The Labute approximate surface area is 359 Å². The van der Waals surface area contributed by atoms with Crippen molar-refractivity contribution in [3.63, 3.8) is 0 Å². The van der Waals surface area contributed by atoms with Crippen molar-refractivity contribution in [3.8, 4) is 0 Å². The number of nitrogens with zero attached hydrogens (tertiary/aromatic N) is 1. The van der Waals surface area contributed by atoms with Gasteiger partial charge in [0, 0.05) is 19.4 Å². The maximum Gasteiger partial charge on any atom is 0.472 e. The molecule has 0 radical (unpaired) electrons. The summed E-state index contributed by atoms with van der Waals surface area (Å²) in [4.78, 5) is 37.1. The number of carbonyl (C=O) groups excluding carboxylic acids is 2. The number of phosphoric ester groups is 1. The van der Waals surface area contributed by atoms with E-state index in [0.717, 1.165) is 103 Å². The second-order valence-corrected chi connectivity index (χ2v) is 15.9.